The number of aromatic nitrogens is 2. The Morgan fingerprint density at radius 1 is 1.00 bits per heavy atom. The number of piperazine rings is 1. The Morgan fingerprint density at radius 3 is 2.35 bits per heavy atom. The summed E-state index contributed by atoms with van der Waals surface area (Å²) in [7, 11) is 1.70. The van der Waals surface area contributed by atoms with Gasteiger partial charge in [0.05, 0.1) is 6.42 Å². The number of hydrogen-bond donors (Lipinski definition) is 1. The second-order valence-corrected chi connectivity index (χ2v) is 7.50. The van der Waals surface area contributed by atoms with Crippen LogP contribution in [0.2, 0.25) is 0 Å². The summed E-state index contributed by atoms with van der Waals surface area (Å²) in [5, 5.41) is 7.11. The molecular weight excluding hydrogens is 397 g/mol. The van der Waals surface area contributed by atoms with Crippen LogP contribution in [0, 0.1) is 5.82 Å². The van der Waals surface area contributed by atoms with Crippen molar-refractivity contribution in [2.24, 2.45) is 7.05 Å². The number of hydrogen-bond acceptors (Lipinski definition) is 4. The van der Waals surface area contributed by atoms with Crippen molar-refractivity contribution in [3.05, 3.63) is 77.7 Å². The Morgan fingerprint density at radius 2 is 1.68 bits per heavy atom. The van der Waals surface area contributed by atoms with Crippen LogP contribution in [-0.4, -0.2) is 52.7 Å². The fourth-order valence-corrected chi connectivity index (χ4v) is 3.64. The Labute approximate surface area is 180 Å². The van der Waals surface area contributed by atoms with E-state index in [1.54, 1.807) is 30.1 Å². The smallest absolute Gasteiger partial charge is 0.274 e. The van der Waals surface area contributed by atoms with Crippen molar-refractivity contribution in [3.8, 4) is 0 Å². The van der Waals surface area contributed by atoms with Crippen LogP contribution in [0.4, 0.5) is 15.9 Å². The van der Waals surface area contributed by atoms with Gasteiger partial charge in [-0.05, 0) is 29.8 Å². The van der Waals surface area contributed by atoms with Gasteiger partial charge in [-0.1, -0.05) is 30.3 Å². The first-order chi connectivity index (χ1) is 15.0. The van der Waals surface area contributed by atoms with Crippen molar-refractivity contribution < 1.29 is 14.0 Å². The maximum Gasteiger partial charge on any atom is 0.274 e. The second-order valence-electron chi connectivity index (χ2n) is 7.50. The molecule has 1 N–H and O–H groups in total. The Bertz CT molecular complexity index is 1060. The molecule has 160 valence electrons. The Balaban J connectivity index is 1.35. The fraction of sp³-hybridized carbons (Fsp3) is 0.261. The van der Waals surface area contributed by atoms with Crippen molar-refractivity contribution in [1.29, 1.82) is 0 Å². The van der Waals surface area contributed by atoms with Crippen molar-refractivity contribution in [2.75, 3.05) is 36.4 Å². The topological polar surface area (TPSA) is 70.5 Å². The Hall–Kier alpha value is -3.68. The molecule has 0 bridgehead atoms. The summed E-state index contributed by atoms with van der Waals surface area (Å²) in [4.78, 5) is 29.1. The van der Waals surface area contributed by atoms with Gasteiger partial charge in [-0.3, -0.25) is 14.3 Å². The zero-order valence-electron chi connectivity index (χ0n) is 17.3. The third kappa shape index (κ3) is 4.91. The molecular formula is C23H24FN5O2. The standard InChI is InChI=1S/C23H24FN5O2/c1-27-21(25-22(30)15-17-5-3-2-4-6-17)16-20(26-27)23(31)29-13-11-28(12-14-29)19-9-7-18(24)8-10-19/h2-10,16H,11-15H2,1H3,(H,25,30). The molecule has 7 nitrogen and oxygen atoms in total. The zero-order chi connectivity index (χ0) is 21.8. The number of nitrogens with one attached hydrogen (secondary N) is 1. The number of carbonyl (C=O) groups is 2. The lowest BCUT2D eigenvalue weighted by Crippen LogP contribution is -2.48. The predicted octanol–water partition coefficient (Wildman–Crippen LogP) is 2.70. The molecule has 1 saturated heterocycles. The van der Waals surface area contributed by atoms with Gasteiger partial charge in [0.15, 0.2) is 5.69 Å². The van der Waals surface area contributed by atoms with Crippen LogP contribution < -0.4 is 10.2 Å². The van der Waals surface area contributed by atoms with Gasteiger partial charge in [0.2, 0.25) is 5.91 Å². The third-order valence-corrected chi connectivity index (χ3v) is 5.33. The highest BCUT2D eigenvalue weighted by Gasteiger charge is 2.25. The van der Waals surface area contributed by atoms with Gasteiger partial charge >= 0.3 is 0 Å². The number of benzene rings is 2. The zero-order valence-corrected chi connectivity index (χ0v) is 17.3. The van der Waals surface area contributed by atoms with Crippen molar-refractivity contribution in [3.63, 3.8) is 0 Å². The number of aryl methyl sites for hydroxylation is 1. The molecule has 31 heavy (non-hydrogen) atoms. The number of rotatable bonds is 5. The molecule has 2 aromatic carbocycles. The first kappa shape index (κ1) is 20.6. The molecule has 0 aliphatic carbocycles. The van der Waals surface area contributed by atoms with Crippen LogP contribution in [0.15, 0.2) is 60.7 Å². The highest BCUT2D eigenvalue weighted by atomic mass is 19.1. The minimum absolute atomic E-state index is 0.166. The molecule has 4 rings (SSSR count). The summed E-state index contributed by atoms with van der Waals surface area (Å²) in [6.07, 6.45) is 0.251. The molecule has 0 unspecified atom stereocenters. The lowest BCUT2D eigenvalue weighted by atomic mass is 10.1. The van der Waals surface area contributed by atoms with Crippen LogP contribution >= 0.6 is 0 Å². The molecule has 0 atom stereocenters. The normalized spacial score (nSPS) is 13.9. The van der Waals surface area contributed by atoms with E-state index in [0.717, 1.165) is 11.3 Å². The quantitative estimate of drug-likeness (QED) is 0.688. The van der Waals surface area contributed by atoms with E-state index >= 15 is 0 Å². The molecule has 0 saturated carbocycles. The third-order valence-electron chi connectivity index (χ3n) is 5.33. The van der Waals surface area contributed by atoms with E-state index in [1.807, 2.05) is 30.3 Å². The van der Waals surface area contributed by atoms with Crippen LogP contribution in [0.5, 0.6) is 0 Å². The molecule has 2 amide bonds. The number of halogens is 1. The lowest BCUT2D eigenvalue weighted by molar-refractivity contribution is -0.115. The van der Waals surface area contributed by atoms with Crippen LogP contribution in [-0.2, 0) is 18.3 Å². The molecule has 3 aromatic rings. The summed E-state index contributed by atoms with van der Waals surface area (Å²) in [6, 6.07) is 17.4. The van der Waals surface area contributed by atoms with E-state index in [1.165, 1.54) is 16.8 Å². The van der Waals surface area contributed by atoms with E-state index in [9.17, 15) is 14.0 Å². The van der Waals surface area contributed by atoms with E-state index in [-0.39, 0.29) is 24.1 Å². The molecule has 1 aliphatic rings. The van der Waals surface area contributed by atoms with Gasteiger partial charge in [0.1, 0.15) is 11.6 Å². The first-order valence-electron chi connectivity index (χ1n) is 10.2. The summed E-state index contributed by atoms with van der Waals surface area (Å²) >= 11 is 0. The molecule has 1 aromatic heterocycles. The van der Waals surface area contributed by atoms with Gasteiger partial charge < -0.3 is 15.1 Å². The highest BCUT2D eigenvalue weighted by molar-refractivity contribution is 5.96. The molecule has 8 heteroatoms. The minimum Gasteiger partial charge on any atom is -0.368 e. The van der Waals surface area contributed by atoms with Crippen molar-refractivity contribution >= 4 is 23.3 Å². The van der Waals surface area contributed by atoms with Gasteiger partial charge in [0.25, 0.3) is 5.91 Å². The number of amides is 2. The molecule has 1 fully saturated rings. The molecule has 2 heterocycles. The van der Waals surface area contributed by atoms with E-state index in [0.29, 0.717) is 37.7 Å². The maximum absolute atomic E-state index is 13.1. The molecule has 0 spiro atoms. The second kappa shape index (κ2) is 8.99. The fourth-order valence-electron chi connectivity index (χ4n) is 3.64. The van der Waals surface area contributed by atoms with Gasteiger partial charge in [-0.15, -0.1) is 0 Å². The summed E-state index contributed by atoms with van der Waals surface area (Å²) in [5.74, 6) is -0.118. The van der Waals surface area contributed by atoms with Gasteiger partial charge in [0, 0.05) is 45.0 Å². The summed E-state index contributed by atoms with van der Waals surface area (Å²) in [5.41, 5.74) is 2.15. The molecule has 1 aliphatic heterocycles. The highest BCUT2D eigenvalue weighted by Crippen LogP contribution is 2.19. The minimum atomic E-state index is -0.264. The van der Waals surface area contributed by atoms with Crippen LogP contribution in [0.25, 0.3) is 0 Å². The first-order valence-corrected chi connectivity index (χ1v) is 10.2. The number of anilines is 2. The predicted molar refractivity (Wildman–Crippen MR) is 117 cm³/mol. The lowest BCUT2D eigenvalue weighted by Gasteiger charge is -2.35. The van der Waals surface area contributed by atoms with E-state index in [2.05, 4.69) is 15.3 Å². The van der Waals surface area contributed by atoms with Gasteiger partial charge in [-0.2, -0.15) is 5.10 Å². The van der Waals surface area contributed by atoms with Crippen LogP contribution in [0.3, 0.4) is 0 Å². The van der Waals surface area contributed by atoms with E-state index < -0.39 is 0 Å². The summed E-state index contributed by atoms with van der Waals surface area (Å²) in [6.45, 7) is 2.40. The number of nitrogens with zero attached hydrogens (tertiary/aromatic N) is 4. The largest absolute Gasteiger partial charge is 0.368 e. The van der Waals surface area contributed by atoms with Gasteiger partial charge in [-0.25, -0.2) is 4.39 Å². The SMILES string of the molecule is Cn1nc(C(=O)N2CCN(c3ccc(F)cc3)CC2)cc1NC(=O)Cc1ccccc1. The monoisotopic (exact) mass is 421 g/mol. The average Bonchev–Trinajstić information content (AvgIpc) is 3.14. The average molecular weight is 421 g/mol. The summed E-state index contributed by atoms with van der Waals surface area (Å²) < 4.78 is 14.6. The molecule has 0 radical (unpaired) electrons. The Kier molecular flexibility index (Phi) is 5.97. The van der Waals surface area contributed by atoms with E-state index in [4.69, 9.17) is 0 Å². The van der Waals surface area contributed by atoms with Crippen molar-refractivity contribution in [2.45, 2.75) is 6.42 Å². The van der Waals surface area contributed by atoms with Crippen LogP contribution in [0.1, 0.15) is 16.1 Å². The van der Waals surface area contributed by atoms with Crippen molar-refractivity contribution in [1.82, 2.24) is 14.7 Å². The maximum atomic E-state index is 13.1. The number of carbonyl (C=O) groups excluding carboxylic acids is 2.